The highest BCUT2D eigenvalue weighted by Crippen LogP contribution is 2.31. The smallest absolute Gasteiger partial charge is 0.0294 e. The number of hydrogen-bond donors (Lipinski definition) is 0. The molecule has 0 aliphatic carbocycles. The Labute approximate surface area is 85.7 Å². The van der Waals surface area contributed by atoms with E-state index in [1.807, 2.05) is 0 Å². The fraction of sp³-hybridized carbons (Fsp3) is 0.500. The van der Waals surface area contributed by atoms with Gasteiger partial charge in [0.05, 0.1) is 0 Å². The molecule has 1 heteroatoms. The van der Waals surface area contributed by atoms with Crippen LogP contribution < -0.4 is 0 Å². The monoisotopic (exact) mass is 194 g/mol. The predicted molar refractivity (Wildman–Crippen MR) is 62.2 cm³/mol. The van der Waals surface area contributed by atoms with Gasteiger partial charge in [0.1, 0.15) is 0 Å². The Morgan fingerprint density at radius 3 is 2.38 bits per heavy atom. The largest absolute Gasteiger partial charge is 0.154 e. The van der Waals surface area contributed by atoms with Crippen LogP contribution >= 0.6 is 11.8 Å². The summed E-state index contributed by atoms with van der Waals surface area (Å²) in [7, 11) is 0. The van der Waals surface area contributed by atoms with E-state index in [1.54, 1.807) is 0 Å². The van der Waals surface area contributed by atoms with Gasteiger partial charge in [-0.3, -0.25) is 0 Å². The molecular weight excluding hydrogens is 176 g/mol. The summed E-state index contributed by atoms with van der Waals surface area (Å²) in [6.45, 7) is 4.50. The average Bonchev–Trinajstić information content (AvgIpc) is 2.21. The fourth-order valence-corrected chi connectivity index (χ4v) is 2.48. The van der Waals surface area contributed by atoms with Crippen molar-refractivity contribution in [1.82, 2.24) is 0 Å². The molecule has 72 valence electrons. The number of benzene rings is 1. The van der Waals surface area contributed by atoms with Crippen LogP contribution in [-0.4, -0.2) is 5.75 Å². The molecule has 0 fully saturated rings. The highest BCUT2D eigenvalue weighted by molar-refractivity contribution is 7.99. The molecule has 0 saturated carbocycles. The third kappa shape index (κ3) is 3.43. The van der Waals surface area contributed by atoms with Gasteiger partial charge >= 0.3 is 0 Å². The minimum absolute atomic E-state index is 0.696. The molecule has 0 bridgehead atoms. The van der Waals surface area contributed by atoms with E-state index in [0.29, 0.717) is 5.25 Å². The molecule has 1 aromatic rings. The van der Waals surface area contributed by atoms with E-state index in [-0.39, 0.29) is 0 Å². The van der Waals surface area contributed by atoms with Crippen LogP contribution in [0.4, 0.5) is 0 Å². The van der Waals surface area contributed by atoms with Crippen molar-refractivity contribution >= 4 is 11.8 Å². The summed E-state index contributed by atoms with van der Waals surface area (Å²) in [5, 5.41) is 0.696. The normalized spacial score (nSPS) is 12.8. The molecule has 0 radical (unpaired) electrons. The quantitative estimate of drug-likeness (QED) is 0.674. The maximum Gasteiger partial charge on any atom is 0.0294 e. The summed E-state index contributed by atoms with van der Waals surface area (Å²) >= 11 is 2.07. The van der Waals surface area contributed by atoms with Crippen LogP contribution in [0.3, 0.4) is 0 Å². The van der Waals surface area contributed by atoms with Crippen molar-refractivity contribution in [3.05, 3.63) is 35.9 Å². The summed E-state index contributed by atoms with van der Waals surface area (Å²) in [6, 6.07) is 10.8. The van der Waals surface area contributed by atoms with Gasteiger partial charge in [-0.05, 0) is 24.2 Å². The van der Waals surface area contributed by atoms with Crippen molar-refractivity contribution in [2.24, 2.45) is 0 Å². The molecule has 0 heterocycles. The van der Waals surface area contributed by atoms with Crippen LogP contribution in [0.5, 0.6) is 0 Å². The zero-order valence-corrected chi connectivity index (χ0v) is 9.31. The highest BCUT2D eigenvalue weighted by Gasteiger charge is 2.07. The molecule has 0 aromatic heterocycles. The van der Waals surface area contributed by atoms with Crippen LogP contribution in [0, 0.1) is 0 Å². The summed E-state index contributed by atoms with van der Waals surface area (Å²) in [4.78, 5) is 0. The molecule has 0 N–H and O–H groups in total. The second-order valence-electron chi connectivity index (χ2n) is 3.18. The topological polar surface area (TPSA) is 0 Å². The van der Waals surface area contributed by atoms with Gasteiger partial charge in [-0.25, -0.2) is 0 Å². The van der Waals surface area contributed by atoms with E-state index in [0.717, 1.165) is 0 Å². The molecular formula is C12H18S. The van der Waals surface area contributed by atoms with Gasteiger partial charge in [0.25, 0.3) is 0 Å². The maximum atomic E-state index is 2.26. The van der Waals surface area contributed by atoms with Crippen LogP contribution in [0.2, 0.25) is 0 Å². The fourth-order valence-electron chi connectivity index (χ4n) is 1.38. The number of rotatable bonds is 5. The summed E-state index contributed by atoms with van der Waals surface area (Å²) < 4.78 is 0. The number of thioether (sulfide) groups is 1. The molecule has 13 heavy (non-hydrogen) atoms. The molecule has 1 unspecified atom stereocenters. The number of hydrogen-bond acceptors (Lipinski definition) is 1. The first-order valence-corrected chi connectivity index (χ1v) is 6.09. The van der Waals surface area contributed by atoms with Gasteiger partial charge in [0, 0.05) is 5.25 Å². The zero-order chi connectivity index (χ0) is 9.52. The van der Waals surface area contributed by atoms with Gasteiger partial charge in [-0.15, -0.1) is 0 Å². The van der Waals surface area contributed by atoms with Crippen molar-refractivity contribution in [3.63, 3.8) is 0 Å². The maximum absolute atomic E-state index is 2.26. The van der Waals surface area contributed by atoms with E-state index in [2.05, 4.69) is 55.9 Å². The SMILES string of the molecule is CCCSC(CC)c1ccccc1. The Morgan fingerprint density at radius 1 is 1.15 bits per heavy atom. The molecule has 0 nitrogen and oxygen atoms in total. The Hall–Kier alpha value is -0.430. The lowest BCUT2D eigenvalue weighted by Gasteiger charge is -2.13. The van der Waals surface area contributed by atoms with Gasteiger partial charge in [-0.2, -0.15) is 11.8 Å². The molecule has 0 amide bonds. The third-order valence-electron chi connectivity index (χ3n) is 2.07. The van der Waals surface area contributed by atoms with Crippen molar-refractivity contribution in [3.8, 4) is 0 Å². The first-order valence-electron chi connectivity index (χ1n) is 5.05. The minimum Gasteiger partial charge on any atom is -0.154 e. The van der Waals surface area contributed by atoms with E-state index in [4.69, 9.17) is 0 Å². The van der Waals surface area contributed by atoms with Crippen LogP contribution in [0.1, 0.15) is 37.5 Å². The Balaban J connectivity index is 2.56. The van der Waals surface area contributed by atoms with Crippen molar-refractivity contribution < 1.29 is 0 Å². The summed E-state index contributed by atoms with van der Waals surface area (Å²) in [6.07, 6.45) is 2.50. The van der Waals surface area contributed by atoms with Crippen LogP contribution in [0.15, 0.2) is 30.3 Å². The van der Waals surface area contributed by atoms with E-state index in [1.165, 1.54) is 24.2 Å². The van der Waals surface area contributed by atoms with E-state index < -0.39 is 0 Å². The minimum atomic E-state index is 0.696. The lowest BCUT2D eigenvalue weighted by Crippen LogP contribution is -1.92. The molecule has 0 spiro atoms. The van der Waals surface area contributed by atoms with Gasteiger partial charge in [0.15, 0.2) is 0 Å². The van der Waals surface area contributed by atoms with Crippen molar-refractivity contribution in [2.45, 2.75) is 31.9 Å². The summed E-state index contributed by atoms with van der Waals surface area (Å²) in [5.74, 6) is 1.27. The first-order chi connectivity index (χ1) is 6.38. The van der Waals surface area contributed by atoms with Crippen LogP contribution in [-0.2, 0) is 0 Å². The van der Waals surface area contributed by atoms with Crippen molar-refractivity contribution in [2.75, 3.05) is 5.75 Å². The van der Waals surface area contributed by atoms with Gasteiger partial charge in [-0.1, -0.05) is 44.2 Å². The molecule has 0 aliphatic heterocycles. The highest BCUT2D eigenvalue weighted by atomic mass is 32.2. The Morgan fingerprint density at radius 2 is 1.85 bits per heavy atom. The third-order valence-corrected chi connectivity index (χ3v) is 3.72. The molecule has 1 rings (SSSR count). The van der Waals surface area contributed by atoms with E-state index in [9.17, 15) is 0 Å². The lowest BCUT2D eigenvalue weighted by molar-refractivity contribution is 0.891. The Bertz CT molecular complexity index is 218. The van der Waals surface area contributed by atoms with Crippen molar-refractivity contribution in [1.29, 1.82) is 0 Å². The average molecular weight is 194 g/mol. The molecule has 1 aromatic carbocycles. The van der Waals surface area contributed by atoms with Gasteiger partial charge in [0.2, 0.25) is 0 Å². The second kappa shape index (κ2) is 6.09. The first kappa shape index (κ1) is 10.6. The lowest BCUT2D eigenvalue weighted by atomic mass is 10.1. The molecule has 1 atom stereocenters. The zero-order valence-electron chi connectivity index (χ0n) is 8.49. The van der Waals surface area contributed by atoms with Gasteiger partial charge < -0.3 is 0 Å². The second-order valence-corrected chi connectivity index (χ2v) is 4.49. The molecule has 0 saturated heterocycles. The standard InChI is InChI=1S/C12H18S/c1-3-10-13-12(4-2)11-8-6-5-7-9-11/h5-9,12H,3-4,10H2,1-2H3. The Kier molecular flexibility index (Phi) is 4.99. The summed E-state index contributed by atoms with van der Waals surface area (Å²) in [5.41, 5.74) is 1.48. The molecule has 0 aliphatic rings. The van der Waals surface area contributed by atoms with Crippen LogP contribution in [0.25, 0.3) is 0 Å². The van der Waals surface area contributed by atoms with E-state index >= 15 is 0 Å². The predicted octanol–water partition coefficient (Wildman–Crippen LogP) is 4.28.